The van der Waals surface area contributed by atoms with E-state index in [1.807, 2.05) is 56.5 Å². The van der Waals surface area contributed by atoms with Crippen molar-refractivity contribution in [3.63, 3.8) is 0 Å². The van der Waals surface area contributed by atoms with E-state index in [4.69, 9.17) is 23.2 Å². The summed E-state index contributed by atoms with van der Waals surface area (Å²) in [6.45, 7) is 8.42. The third kappa shape index (κ3) is 4.31. The van der Waals surface area contributed by atoms with Crippen molar-refractivity contribution in [1.82, 2.24) is 19.9 Å². The predicted molar refractivity (Wildman–Crippen MR) is 113 cm³/mol. The predicted octanol–water partition coefficient (Wildman–Crippen LogP) is 4.81. The van der Waals surface area contributed by atoms with E-state index >= 15 is 0 Å². The lowest BCUT2D eigenvalue weighted by Gasteiger charge is -2.16. The second kappa shape index (κ2) is 8.50. The van der Waals surface area contributed by atoms with Gasteiger partial charge in [-0.05, 0) is 50.5 Å². The fourth-order valence-corrected chi connectivity index (χ4v) is 4.25. The average molecular weight is 419 g/mol. The zero-order chi connectivity index (χ0) is 20.4. The molecule has 1 unspecified atom stereocenters. The summed E-state index contributed by atoms with van der Waals surface area (Å²) in [5.74, 6) is 0.0178. The number of benzene rings is 1. The van der Waals surface area contributed by atoms with E-state index in [1.165, 1.54) is 0 Å². The van der Waals surface area contributed by atoms with E-state index in [0.717, 1.165) is 33.9 Å². The lowest BCUT2D eigenvalue weighted by Crippen LogP contribution is -2.28. The molecule has 7 heteroatoms. The molecule has 0 bridgehead atoms. The van der Waals surface area contributed by atoms with Gasteiger partial charge in [0.05, 0.1) is 5.69 Å². The summed E-state index contributed by atoms with van der Waals surface area (Å²) in [7, 11) is 0. The zero-order valence-electron chi connectivity index (χ0n) is 16.5. The van der Waals surface area contributed by atoms with Crippen LogP contribution in [0.25, 0.3) is 5.65 Å². The van der Waals surface area contributed by atoms with E-state index in [2.05, 4.69) is 15.4 Å². The minimum Gasteiger partial charge on any atom is -0.355 e. The molecule has 0 aliphatic heterocycles. The largest absolute Gasteiger partial charge is 0.355 e. The normalized spacial score (nSPS) is 12.4. The number of nitrogens with zero attached hydrogens (tertiary/aromatic N) is 3. The van der Waals surface area contributed by atoms with Crippen LogP contribution in [-0.2, 0) is 11.2 Å². The molecule has 3 rings (SSSR count). The number of aryl methyl sites for hydroxylation is 3. The topological polar surface area (TPSA) is 59.3 Å². The Kier molecular flexibility index (Phi) is 6.26. The molecule has 3 aromatic rings. The number of nitrogens with one attached hydrogen (secondary N) is 1. The maximum atomic E-state index is 12.4. The molecular weight excluding hydrogens is 395 g/mol. The summed E-state index contributed by atoms with van der Waals surface area (Å²) in [5, 5.41) is 8.71. The van der Waals surface area contributed by atoms with Crippen molar-refractivity contribution in [2.45, 2.75) is 46.5 Å². The summed E-state index contributed by atoms with van der Waals surface area (Å²) in [6.07, 6.45) is 1.00. The number of carbonyl (C=O) groups is 1. The van der Waals surface area contributed by atoms with Gasteiger partial charge in [0.25, 0.3) is 0 Å². The molecule has 1 N–H and O–H groups in total. The first kappa shape index (κ1) is 20.6. The van der Waals surface area contributed by atoms with Crippen LogP contribution in [0, 0.1) is 20.8 Å². The molecule has 2 aromatic heterocycles. The number of rotatable bonds is 6. The molecule has 0 saturated heterocycles. The lowest BCUT2D eigenvalue weighted by molar-refractivity contribution is -0.121. The highest BCUT2D eigenvalue weighted by molar-refractivity contribution is 6.36. The van der Waals surface area contributed by atoms with Gasteiger partial charge in [-0.2, -0.15) is 5.10 Å². The molecule has 0 aliphatic carbocycles. The fourth-order valence-electron chi connectivity index (χ4n) is 3.48. The van der Waals surface area contributed by atoms with Crippen LogP contribution in [0.1, 0.15) is 47.5 Å². The first-order valence-electron chi connectivity index (χ1n) is 9.31. The van der Waals surface area contributed by atoms with Crippen LogP contribution in [0.2, 0.25) is 10.0 Å². The summed E-state index contributed by atoms with van der Waals surface area (Å²) < 4.78 is 1.84. The van der Waals surface area contributed by atoms with E-state index in [0.29, 0.717) is 29.4 Å². The highest BCUT2D eigenvalue weighted by Crippen LogP contribution is 2.31. The summed E-state index contributed by atoms with van der Waals surface area (Å²) in [6, 6.07) is 7.40. The molecule has 1 atom stereocenters. The van der Waals surface area contributed by atoms with E-state index in [9.17, 15) is 4.79 Å². The Bertz CT molecular complexity index is 1010. The SMILES string of the molecule is Cc1cc2nc(C)c(CCC(=O)NCC(C)c3c(Cl)cccc3Cl)c(C)n2n1. The van der Waals surface area contributed by atoms with Gasteiger partial charge >= 0.3 is 0 Å². The number of hydrogen-bond donors (Lipinski definition) is 1. The molecule has 1 aromatic carbocycles. The average Bonchev–Trinajstić information content (AvgIpc) is 3.00. The first-order valence-corrected chi connectivity index (χ1v) is 10.1. The third-order valence-corrected chi connectivity index (χ3v) is 5.65. The van der Waals surface area contributed by atoms with Crippen molar-refractivity contribution >= 4 is 34.8 Å². The molecule has 2 heterocycles. The molecule has 1 amide bonds. The number of halogens is 2. The van der Waals surface area contributed by atoms with E-state index in [-0.39, 0.29) is 11.8 Å². The molecule has 0 radical (unpaired) electrons. The minimum absolute atomic E-state index is 0.00873. The van der Waals surface area contributed by atoms with Crippen LogP contribution in [0.15, 0.2) is 24.3 Å². The third-order valence-electron chi connectivity index (χ3n) is 4.99. The van der Waals surface area contributed by atoms with Crippen LogP contribution in [0.5, 0.6) is 0 Å². The van der Waals surface area contributed by atoms with Crippen LogP contribution in [0.4, 0.5) is 0 Å². The van der Waals surface area contributed by atoms with Gasteiger partial charge in [-0.3, -0.25) is 4.79 Å². The fraction of sp³-hybridized carbons (Fsp3) is 0.381. The van der Waals surface area contributed by atoms with Gasteiger partial charge in [-0.25, -0.2) is 9.50 Å². The second-order valence-electron chi connectivity index (χ2n) is 7.16. The highest BCUT2D eigenvalue weighted by Gasteiger charge is 2.16. The van der Waals surface area contributed by atoms with Gasteiger partial charge < -0.3 is 5.32 Å². The lowest BCUT2D eigenvalue weighted by atomic mass is 10.0. The van der Waals surface area contributed by atoms with Crippen molar-refractivity contribution in [2.24, 2.45) is 0 Å². The van der Waals surface area contributed by atoms with Crippen molar-refractivity contribution in [2.75, 3.05) is 6.54 Å². The summed E-state index contributed by atoms with van der Waals surface area (Å²) in [5.41, 5.74) is 5.66. The smallest absolute Gasteiger partial charge is 0.220 e. The Labute approximate surface area is 175 Å². The number of amides is 1. The van der Waals surface area contributed by atoms with Crippen LogP contribution >= 0.6 is 23.2 Å². The van der Waals surface area contributed by atoms with Crippen molar-refractivity contribution in [3.8, 4) is 0 Å². The van der Waals surface area contributed by atoms with Crippen molar-refractivity contribution < 1.29 is 4.79 Å². The first-order chi connectivity index (χ1) is 13.3. The molecule has 0 saturated carbocycles. The summed E-state index contributed by atoms with van der Waals surface area (Å²) >= 11 is 12.5. The van der Waals surface area contributed by atoms with Crippen LogP contribution in [-0.4, -0.2) is 27.0 Å². The number of fused-ring (bicyclic) bond motifs is 1. The maximum absolute atomic E-state index is 12.4. The molecule has 148 valence electrons. The number of hydrogen-bond acceptors (Lipinski definition) is 3. The molecular formula is C21H24Cl2N4O. The highest BCUT2D eigenvalue weighted by atomic mass is 35.5. The van der Waals surface area contributed by atoms with Crippen LogP contribution < -0.4 is 5.32 Å². The minimum atomic E-state index is -0.00873. The second-order valence-corrected chi connectivity index (χ2v) is 7.97. The van der Waals surface area contributed by atoms with Crippen LogP contribution in [0.3, 0.4) is 0 Å². The summed E-state index contributed by atoms with van der Waals surface area (Å²) in [4.78, 5) is 17.0. The quantitative estimate of drug-likeness (QED) is 0.624. The van der Waals surface area contributed by atoms with Crippen molar-refractivity contribution in [3.05, 3.63) is 62.5 Å². The van der Waals surface area contributed by atoms with Gasteiger partial charge in [-0.15, -0.1) is 0 Å². The van der Waals surface area contributed by atoms with Gasteiger partial charge in [0.15, 0.2) is 5.65 Å². The standard InChI is InChI=1S/C21H24Cl2N4O/c1-12(21-17(22)6-5-7-18(21)23)11-24-20(28)9-8-16-14(3)25-19-10-13(2)26-27(19)15(16)4/h5-7,10,12H,8-9,11H2,1-4H3,(H,24,28). The Morgan fingerprint density at radius 2 is 1.89 bits per heavy atom. The van der Waals surface area contributed by atoms with Gasteiger partial charge in [0, 0.05) is 46.4 Å². The monoisotopic (exact) mass is 418 g/mol. The molecule has 28 heavy (non-hydrogen) atoms. The van der Waals surface area contributed by atoms with Gasteiger partial charge in [0.2, 0.25) is 5.91 Å². The maximum Gasteiger partial charge on any atom is 0.220 e. The molecule has 0 spiro atoms. The van der Waals surface area contributed by atoms with E-state index < -0.39 is 0 Å². The Morgan fingerprint density at radius 1 is 1.21 bits per heavy atom. The molecule has 5 nitrogen and oxygen atoms in total. The Hall–Kier alpha value is -2.11. The zero-order valence-corrected chi connectivity index (χ0v) is 18.0. The molecule has 0 fully saturated rings. The number of carbonyl (C=O) groups excluding carboxylic acids is 1. The van der Waals surface area contributed by atoms with Crippen molar-refractivity contribution in [1.29, 1.82) is 0 Å². The Morgan fingerprint density at radius 3 is 2.57 bits per heavy atom. The number of aromatic nitrogens is 3. The van der Waals surface area contributed by atoms with Gasteiger partial charge in [-0.1, -0.05) is 36.2 Å². The molecule has 0 aliphatic rings. The van der Waals surface area contributed by atoms with Gasteiger partial charge in [0.1, 0.15) is 0 Å². The Balaban J connectivity index is 1.62. The van der Waals surface area contributed by atoms with E-state index in [1.54, 1.807) is 0 Å².